The zero-order valence-electron chi connectivity index (χ0n) is 10.8. The lowest BCUT2D eigenvalue weighted by atomic mass is 9.85. The Morgan fingerprint density at radius 2 is 2.18 bits per heavy atom. The van der Waals surface area contributed by atoms with Crippen molar-refractivity contribution in [2.75, 3.05) is 26.8 Å². The van der Waals surface area contributed by atoms with E-state index in [-0.39, 0.29) is 11.3 Å². The van der Waals surface area contributed by atoms with E-state index in [9.17, 15) is 4.79 Å². The predicted octanol–water partition coefficient (Wildman–Crippen LogP) is 1.06. The molecule has 1 unspecified atom stereocenters. The molecule has 17 heavy (non-hydrogen) atoms. The summed E-state index contributed by atoms with van der Waals surface area (Å²) in [5.74, 6) is 0.191. The monoisotopic (exact) mass is 240 g/mol. The molecule has 2 aliphatic rings. The maximum atomic E-state index is 12.4. The molecule has 0 aromatic rings. The van der Waals surface area contributed by atoms with Crippen molar-refractivity contribution in [3.8, 4) is 0 Å². The highest BCUT2D eigenvalue weighted by molar-refractivity contribution is 5.83. The summed E-state index contributed by atoms with van der Waals surface area (Å²) >= 11 is 0. The lowest BCUT2D eigenvalue weighted by Gasteiger charge is -2.30. The van der Waals surface area contributed by atoms with E-state index in [1.54, 1.807) is 7.11 Å². The minimum absolute atomic E-state index is 0.191. The molecule has 1 aliphatic carbocycles. The summed E-state index contributed by atoms with van der Waals surface area (Å²) < 4.78 is 5.24. The van der Waals surface area contributed by atoms with Gasteiger partial charge in [-0.1, -0.05) is 19.3 Å². The Hall–Kier alpha value is -0.610. The zero-order valence-corrected chi connectivity index (χ0v) is 10.8. The van der Waals surface area contributed by atoms with Crippen molar-refractivity contribution in [3.05, 3.63) is 0 Å². The van der Waals surface area contributed by atoms with Gasteiger partial charge in [0.2, 0.25) is 5.91 Å². The van der Waals surface area contributed by atoms with E-state index in [1.807, 2.05) is 0 Å². The highest BCUT2D eigenvalue weighted by Gasteiger charge is 2.41. The van der Waals surface area contributed by atoms with Crippen LogP contribution in [0.25, 0.3) is 0 Å². The number of carbonyl (C=O) groups excluding carboxylic acids is 1. The number of nitrogens with one attached hydrogen (secondary N) is 2. The van der Waals surface area contributed by atoms with Crippen LogP contribution in [0.2, 0.25) is 0 Å². The van der Waals surface area contributed by atoms with Crippen molar-refractivity contribution in [3.63, 3.8) is 0 Å². The van der Waals surface area contributed by atoms with Gasteiger partial charge >= 0.3 is 0 Å². The van der Waals surface area contributed by atoms with Crippen LogP contribution in [0, 0.1) is 5.41 Å². The molecular formula is C13H24N2O2. The van der Waals surface area contributed by atoms with E-state index in [2.05, 4.69) is 10.6 Å². The average Bonchev–Trinajstić information content (AvgIpc) is 2.81. The van der Waals surface area contributed by atoms with Crippen LogP contribution in [0.3, 0.4) is 0 Å². The van der Waals surface area contributed by atoms with Gasteiger partial charge in [0, 0.05) is 19.7 Å². The van der Waals surface area contributed by atoms with E-state index in [4.69, 9.17) is 4.74 Å². The van der Waals surface area contributed by atoms with Crippen LogP contribution < -0.4 is 10.6 Å². The molecule has 1 heterocycles. The summed E-state index contributed by atoms with van der Waals surface area (Å²) in [6, 6.07) is 0.394. The highest BCUT2D eigenvalue weighted by atomic mass is 16.5. The van der Waals surface area contributed by atoms with Crippen LogP contribution in [0.4, 0.5) is 0 Å². The number of hydrogen-bond donors (Lipinski definition) is 2. The van der Waals surface area contributed by atoms with Crippen LogP contribution in [-0.2, 0) is 9.53 Å². The number of hydrogen-bond acceptors (Lipinski definition) is 3. The fraction of sp³-hybridized carbons (Fsp3) is 0.923. The highest BCUT2D eigenvalue weighted by Crippen LogP contribution is 2.27. The quantitative estimate of drug-likeness (QED) is 0.772. The van der Waals surface area contributed by atoms with Gasteiger partial charge < -0.3 is 15.4 Å². The van der Waals surface area contributed by atoms with E-state index < -0.39 is 0 Å². The largest absolute Gasteiger partial charge is 0.384 e. The molecule has 1 amide bonds. The molecule has 4 heteroatoms. The summed E-state index contributed by atoms with van der Waals surface area (Å²) in [4.78, 5) is 12.4. The Morgan fingerprint density at radius 3 is 2.76 bits per heavy atom. The summed E-state index contributed by atoms with van der Waals surface area (Å²) in [5, 5.41) is 6.50. The van der Waals surface area contributed by atoms with Crippen LogP contribution in [0.5, 0.6) is 0 Å². The number of ether oxygens (including phenoxy) is 1. The smallest absolute Gasteiger partial charge is 0.230 e. The van der Waals surface area contributed by atoms with Gasteiger partial charge in [0.05, 0.1) is 12.0 Å². The first-order valence-corrected chi connectivity index (χ1v) is 6.77. The van der Waals surface area contributed by atoms with Gasteiger partial charge in [-0.15, -0.1) is 0 Å². The Labute approximate surface area is 103 Å². The van der Waals surface area contributed by atoms with Crippen molar-refractivity contribution in [2.24, 2.45) is 5.41 Å². The van der Waals surface area contributed by atoms with Gasteiger partial charge in [-0.05, 0) is 25.8 Å². The molecule has 98 valence electrons. The molecule has 2 rings (SSSR count). The molecule has 0 bridgehead atoms. The molecule has 2 N–H and O–H groups in total. The maximum absolute atomic E-state index is 12.4. The van der Waals surface area contributed by atoms with Crippen LogP contribution in [0.15, 0.2) is 0 Å². The first-order valence-electron chi connectivity index (χ1n) is 6.77. The summed E-state index contributed by atoms with van der Waals surface area (Å²) in [7, 11) is 1.67. The Kier molecular flexibility index (Phi) is 4.40. The Balaban J connectivity index is 1.91. The minimum Gasteiger partial charge on any atom is -0.384 e. The first-order chi connectivity index (χ1) is 8.27. The molecule has 4 nitrogen and oxygen atoms in total. The van der Waals surface area contributed by atoms with Gasteiger partial charge in [0.1, 0.15) is 0 Å². The van der Waals surface area contributed by atoms with Crippen molar-refractivity contribution in [1.29, 1.82) is 0 Å². The molecule has 0 aromatic carbocycles. The average molecular weight is 240 g/mol. The normalized spacial score (nSPS) is 30.4. The second-order valence-corrected chi connectivity index (χ2v) is 5.45. The SMILES string of the molecule is COCC1(C(=O)NC2CCCCC2)CCNC1. The van der Waals surface area contributed by atoms with Crippen LogP contribution in [-0.4, -0.2) is 38.8 Å². The number of rotatable bonds is 4. The second-order valence-electron chi connectivity index (χ2n) is 5.45. The molecule has 1 saturated carbocycles. The van der Waals surface area contributed by atoms with Gasteiger partial charge in [-0.3, -0.25) is 4.79 Å². The van der Waals surface area contributed by atoms with Gasteiger partial charge in [-0.2, -0.15) is 0 Å². The summed E-state index contributed by atoms with van der Waals surface area (Å²) in [6.07, 6.45) is 6.99. The molecule has 0 radical (unpaired) electrons. The van der Waals surface area contributed by atoms with Crippen LogP contribution in [0.1, 0.15) is 38.5 Å². The lowest BCUT2D eigenvalue weighted by Crippen LogP contribution is -2.49. The molecular weight excluding hydrogens is 216 g/mol. The molecule has 1 atom stereocenters. The van der Waals surface area contributed by atoms with E-state index in [0.29, 0.717) is 12.6 Å². The molecule has 2 fully saturated rings. The molecule has 0 spiro atoms. The van der Waals surface area contributed by atoms with Crippen molar-refractivity contribution < 1.29 is 9.53 Å². The predicted molar refractivity (Wildman–Crippen MR) is 66.8 cm³/mol. The van der Waals surface area contributed by atoms with Crippen LogP contribution >= 0.6 is 0 Å². The summed E-state index contributed by atoms with van der Waals surface area (Å²) in [6.45, 7) is 2.19. The number of methoxy groups -OCH3 is 1. The minimum atomic E-state index is -0.327. The fourth-order valence-corrected chi connectivity index (χ4v) is 2.99. The van der Waals surface area contributed by atoms with Crippen molar-refractivity contribution in [1.82, 2.24) is 10.6 Å². The Bertz CT molecular complexity index is 256. The first kappa shape index (κ1) is 12.8. The zero-order chi connectivity index (χ0) is 12.1. The Morgan fingerprint density at radius 1 is 1.41 bits per heavy atom. The maximum Gasteiger partial charge on any atom is 0.230 e. The fourth-order valence-electron chi connectivity index (χ4n) is 2.99. The van der Waals surface area contributed by atoms with E-state index >= 15 is 0 Å². The van der Waals surface area contributed by atoms with E-state index in [0.717, 1.165) is 32.4 Å². The lowest BCUT2D eigenvalue weighted by molar-refractivity contribution is -0.133. The van der Waals surface area contributed by atoms with Gasteiger partial charge in [-0.25, -0.2) is 0 Å². The second kappa shape index (κ2) is 5.83. The van der Waals surface area contributed by atoms with Crippen molar-refractivity contribution in [2.45, 2.75) is 44.6 Å². The third-order valence-electron chi connectivity index (χ3n) is 4.09. The molecule has 1 aliphatic heterocycles. The number of amides is 1. The molecule has 0 aromatic heterocycles. The topological polar surface area (TPSA) is 50.4 Å². The summed E-state index contributed by atoms with van der Waals surface area (Å²) in [5.41, 5.74) is -0.327. The van der Waals surface area contributed by atoms with Crippen molar-refractivity contribution >= 4 is 5.91 Å². The van der Waals surface area contributed by atoms with E-state index in [1.165, 1.54) is 19.3 Å². The standard InChI is InChI=1S/C13H24N2O2/c1-17-10-13(7-8-14-9-13)12(16)15-11-5-3-2-4-6-11/h11,14H,2-10H2,1H3,(H,15,16). The molecule has 1 saturated heterocycles. The number of carbonyl (C=O) groups is 1. The third kappa shape index (κ3) is 2.99. The van der Waals surface area contributed by atoms with Gasteiger partial charge in [0.15, 0.2) is 0 Å². The third-order valence-corrected chi connectivity index (χ3v) is 4.09. The van der Waals surface area contributed by atoms with Gasteiger partial charge in [0.25, 0.3) is 0 Å².